The molecular weight excluding hydrogens is 901 g/mol. The molecule has 0 saturated heterocycles. The number of rotatable bonds is 28. The number of carbonyl (C=O) groups is 10. The number of hydrogen-bond donors (Lipinski definition) is 13. The average molecular weight is 965 g/mol. The number of aromatic nitrogens is 1. The highest BCUT2D eigenvalue weighted by Crippen LogP contribution is 2.20. The summed E-state index contributed by atoms with van der Waals surface area (Å²) in [5.74, 6) is -9.73. The van der Waals surface area contributed by atoms with E-state index in [4.69, 9.17) is 5.73 Å². The fourth-order valence-electron chi connectivity index (χ4n) is 7.12. The molecule has 376 valence electrons. The molecule has 0 unspecified atom stereocenters. The van der Waals surface area contributed by atoms with Crippen molar-refractivity contribution in [1.82, 2.24) is 47.5 Å². The Morgan fingerprint density at radius 1 is 0.565 bits per heavy atom. The minimum absolute atomic E-state index is 0.0253. The summed E-state index contributed by atoms with van der Waals surface area (Å²) in [4.78, 5) is 133. The number of carbonyl (C=O) groups excluding carboxylic acids is 9. The summed E-state index contributed by atoms with van der Waals surface area (Å²) in [5.41, 5.74) is 7.54. The van der Waals surface area contributed by atoms with Crippen molar-refractivity contribution < 1.29 is 63.3 Å². The summed E-state index contributed by atoms with van der Waals surface area (Å²) in [6, 6.07) is 5.54. The van der Waals surface area contributed by atoms with Crippen molar-refractivity contribution in [1.29, 1.82) is 0 Å². The van der Waals surface area contributed by atoms with E-state index in [2.05, 4.69) is 47.5 Å². The molecule has 0 spiro atoms. The Kier molecular flexibility index (Phi) is 22.2. The number of carboxylic acids is 1. The maximum absolute atomic E-state index is 13.7. The summed E-state index contributed by atoms with van der Waals surface area (Å²) in [6.07, 6.45) is 0.862. The van der Waals surface area contributed by atoms with Gasteiger partial charge in [0.05, 0.1) is 26.2 Å². The van der Waals surface area contributed by atoms with Crippen LogP contribution in [0.1, 0.15) is 65.0 Å². The Morgan fingerprint density at radius 3 is 1.58 bits per heavy atom. The molecule has 23 nitrogen and oxygen atoms in total. The van der Waals surface area contributed by atoms with Crippen molar-refractivity contribution in [3.8, 4) is 0 Å². The number of aliphatic carboxylic acids is 1. The smallest absolute Gasteiger partial charge is 0.305 e. The van der Waals surface area contributed by atoms with Crippen molar-refractivity contribution in [2.24, 2.45) is 17.6 Å². The van der Waals surface area contributed by atoms with E-state index < -0.39 is 128 Å². The summed E-state index contributed by atoms with van der Waals surface area (Å²) < 4.78 is 0. The second-order valence-electron chi connectivity index (χ2n) is 17.3. The monoisotopic (exact) mass is 964 g/mol. The first kappa shape index (κ1) is 55.9. The molecule has 0 aliphatic rings. The largest absolute Gasteiger partial charge is 0.481 e. The minimum atomic E-state index is -1.71. The number of fused-ring (bicyclic) bond motifs is 1. The van der Waals surface area contributed by atoms with Crippen molar-refractivity contribution >= 4 is 70.0 Å². The number of carboxylic acid groups (broad SMARTS) is 1. The third kappa shape index (κ3) is 18.7. The van der Waals surface area contributed by atoms with Gasteiger partial charge in [-0.1, -0.05) is 76.2 Å². The van der Waals surface area contributed by atoms with Crippen LogP contribution in [0.2, 0.25) is 0 Å². The lowest BCUT2D eigenvalue weighted by Gasteiger charge is -2.26. The SMILES string of the molecule is CC(=O)N[C@@H](CC(=O)O)C(=O)N[C@@H](CO)C(=O)N[C@@H](Cc1ccccc1)C(=O)NCC(=O)N[C@@H](CC(C)C)C(=O)N[C@@H](CO)C(=O)N[C@@H](Cc1c[nH]c2ccccc12)C(=O)N[C@@H](CC(C)C)C(N)=O. The molecule has 0 radical (unpaired) electrons. The van der Waals surface area contributed by atoms with Gasteiger partial charge in [0.1, 0.15) is 42.3 Å². The van der Waals surface area contributed by atoms with Gasteiger partial charge in [-0.2, -0.15) is 0 Å². The number of primary amides is 1. The Bertz CT molecular complexity index is 2270. The van der Waals surface area contributed by atoms with Gasteiger partial charge >= 0.3 is 5.97 Å². The van der Waals surface area contributed by atoms with Crippen molar-refractivity contribution in [3.63, 3.8) is 0 Å². The number of nitrogens with one attached hydrogen (secondary N) is 9. The van der Waals surface area contributed by atoms with Gasteiger partial charge in [-0.05, 0) is 41.9 Å². The topological polar surface area (TPSA) is 369 Å². The maximum atomic E-state index is 13.7. The van der Waals surface area contributed by atoms with Crippen LogP contribution >= 0.6 is 0 Å². The highest BCUT2D eigenvalue weighted by atomic mass is 16.4. The number of aliphatic hydroxyl groups is 2. The average Bonchev–Trinajstić information content (AvgIpc) is 3.69. The van der Waals surface area contributed by atoms with E-state index in [9.17, 15) is 63.3 Å². The molecule has 0 saturated carbocycles. The minimum Gasteiger partial charge on any atom is -0.481 e. The zero-order valence-electron chi connectivity index (χ0n) is 39.1. The molecule has 1 heterocycles. The van der Waals surface area contributed by atoms with Gasteiger partial charge in [0, 0.05) is 36.9 Å². The maximum Gasteiger partial charge on any atom is 0.305 e. The molecule has 0 bridgehead atoms. The fourth-order valence-corrected chi connectivity index (χ4v) is 7.12. The van der Waals surface area contributed by atoms with E-state index in [0.717, 1.165) is 17.8 Å². The van der Waals surface area contributed by atoms with E-state index in [1.807, 2.05) is 32.0 Å². The first-order valence-corrected chi connectivity index (χ1v) is 22.3. The number of para-hydroxylation sites is 1. The number of nitrogens with two attached hydrogens (primary N) is 1. The van der Waals surface area contributed by atoms with E-state index in [0.29, 0.717) is 11.1 Å². The Balaban J connectivity index is 1.75. The van der Waals surface area contributed by atoms with E-state index >= 15 is 0 Å². The summed E-state index contributed by atoms with van der Waals surface area (Å²) in [5, 5.41) is 49.5. The number of aliphatic hydroxyl groups excluding tert-OH is 2. The van der Waals surface area contributed by atoms with Crippen molar-refractivity contribution in [2.75, 3.05) is 19.8 Å². The predicted molar refractivity (Wildman–Crippen MR) is 249 cm³/mol. The van der Waals surface area contributed by atoms with Crippen LogP contribution in [0.15, 0.2) is 60.8 Å². The lowest BCUT2D eigenvalue weighted by Crippen LogP contribution is -2.60. The number of amides is 9. The second-order valence-corrected chi connectivity index (χ2v) is 17.3. The number of aromatic amines is 1. The quantitative estimate of drug-likeness (QED) is 0.0359. The molecule has 0 fully saturated rings. The van der Waals surface area contributed by atoms with Gasteiger partial charge in [-0.3, -0.25) is 47.9 Å². The molecule has 0 aliphatic heterocycles. The third-order valence-corrected chi connectivity index (χ3v) is 10.5. The zero-order valence-corrected chi connectivity index (χ0v) is 39.1. The first-order valence-electron chi connectivity index (χ1n) is 22.3. The number of hydrogen-bond acceptors (Lipinski definition) is 12. The van der Waals surface area contributed by atoms with Gasteiger partial charge in [0.15, 0.2) is 0 Å². The highest BCUT2D eigenvalue weighted by Gasteiger charge is 2.34. The normalized spacial score (nSPS) is 14.2. The van der Waals surface area contributed by atoms with Crippen LogP contribution in [0.4, 0.5) is 0 Å². The molecule has 3 rings (SSSR count). The standard InChI is InChI=1S/C46H64N10O13/c1-24(2)15-31(40(47)63)52-43(66)34(18-28-20-48-30-14-10-9-13-29(28)30)54-46(69)37(23-58)55-42(65)32(16-25(3)4)51-38(60)21-49-41(64)33(17-27-11-7-6-8-12-27)53-45(68)36(22-57)56-44(67)35(19-39(61)62)50-26(5)59/h6-14,20,24-25,31-37,48,57-58H,15-19,21-23H2,1-5H3,(H2,47,63)(H,49,64)(H,50,59)(H,51,60)(H,52,66)(H,53,68)(H,54,69)(H,55,65)(H,56,67)(H,61,62)/t31-,32-,33-,34-,35-,36-,37-/m0/s1. The third-order valence-electron chi connectivity index (χ3n) is 10.5. The molecule has 2 aromatic carbocycles. The van der Waals surface area contributed by atoms with Gasteiger partial charge < -0.3 is 68.6 Å². The fraction of sp³-hybridized carbons (Fsp3) is 0.478. The van der Waals surface area contributed by atoms with E-state index in [1.165, 1.54) is 0 Å². The highest BCUT2D eigenvalue weighted by molar-refractivity contribution is 5.98. The molecule has 7 atom stereocenters. The Morgan fingerprint density at radius 2 is 1.04 bits per heavy atom. The molecule has 69 heavy (non-hydrogen) atoms. The molecule has 3 aromatic rings. The zero-order chi connectivity index (χ0) is 51.4. The Hall–Kier alpha value is -7.40. The van der Waals surface area contributed by atoms with Gasteiger partial charge in [0.2, 0.25) is 53.2 Å². The van der Waals surface area contributed by atoms with Crippen LogP contribution in [0.25, 0.3) is 10.9 Å². The Labute approximate surface area is 398 Å². The molecule has 1 aromatic heterocycles. The van der Waals surface area contributed by atoms with Gasteiger partial charge in [-0.25, -0.2) is 0 Å². The van der Waals surface area contributed by atoms with Crippen LogP contribution in [0.3, 0.4) is 0 Å². The van der Waals surface area contributed by atoms with Crippen LogP contribution in [-0.2, 0) is 60.8 Å². The molecule has 0 aliphatic carbocycles. The summed E-state index contributed by atoms with van der Waals surface area (Å²) in [6.45, 7) is 5.57. The molecule has 9 amide bonds. The van der Waals surface area contributed by atoms with E-state index in [-0.39, 0.29) is 37.5 Å². The van der Waals surface area contributed by atoms with Gasteiger partial charge in [-0.15, -0.1) is 0 Å². The van der Waals surface area contributed by atoms with Crippen LogP contribution in [0.5, 0.6) is 0 Å². The van der Waals surface area contributed by atoms with Crippen LogP contribution in [-0.4, -0.2) is 141 Å². The predicted octanol–water partition coefficient (Wildman–Crippen LogP) is -2.48. The molecule has 23 heteroatoms. The second kappa shape index (κ2) is 27.4. The lowest BCUT2D eigenvalue weighted by atomic mass is 10.0. The summed E-state index contributed by atoms with van der Waals surface area (Å²) >= 11 is 0. The summed E-state index contributed by atoms with van der Waals surface area (Å²) in [7, 11) is 0. The van der Waals surface area contributed by atoms with Crippen LogP contribution < -0.4 is 48.3 Å². The first-order chi connectivity index (χ1) is 32.6. The lowest BCUT2D eigenvalue weighted by molar-refractivity contribution is -0.141. The van der Waals surface area contributed by atoms with E-state index in [1.54, 1.807) is 56.4 Å². The van der Waals surface area contributed by atoms with Crippen molar-refractivity contribution in [3.05, 3.63) is 71.9 Å². The molecule has 14 N–H and O–H groups in total. The van der Waals surface area contributed by atoms with Crippen molar-refractivity contribution in [2.45, 2.75) is 109 Å². The number of H-pyrrole nitrogens is 1. The molecular formula is C46H64N10O13. The number of benzene rings is 2. The van der Waals surface area contributed by atoms with Crippen LogP contribution in [0, 0.1) is 11.8 Å². The van der Waals surface area contributed by atoms with Gasteiger partial charge in [0.25, 0.3) is 0 Å².